The van der Waals surface area contributed by atoms with Crippen molar-refractivity contribution in [3.8, 4) is 11.8 Å². The molecule has 2 rings (SSSR count). The fourth-order valence-electron chi connectivity index (χ4n) is 2.04. The number of nitrogens with zero attached hydrogens (tertiary/aromatic N) is 1. The van der Waals surface area contributed by atoms with Crippen LogP contribution in [0.25, 0.3) is 0 Å². The van der Waals surface area contributed by atoms with Crippen LogP contribution >= 0.6 is 0 Å². The van der Waals surface area contributed by atoms with Crippen LogP contribution in [0.5, 0.6) is 5.75 Å². The monoisotopic (exact) mass is 246 g/mol. The number of hydrogen-bond donors (Lipinski definition) is 1. The van der Waals surface area contributed by atoms with Crippen LogP contribution in [-0.4, -0.2) is 31.9 Å². The maximum absolute atomic E-state index is 8.68. The number of nitriles is 1. The van der Waals surface area contributed by atoms with E-state index in [1.807, 2.05) is 12.1 Å². The van der Waals surface area contributed by atoms with Gasteiger partial charge in [0.25, 0.3) is 0 Å². The van der Waals surface area contributed by atoms with Crippen molar-refractivity contribution in [3.05, 3.63) is 29.8 Å². The quantitative estimate of drug-likeness (QED) is 0.803. The van der Waals surface area contributed by atoms with Gasteiger partial charge in [-0.2, -0.15) is 5.26 Å². The second-order valence-corrected chi connectivity index (χ2v) is 4.41. The molecule has 2 atom stereocenters. The van der Waals surface area contributed by atoms with Gasteiger partial charge in [-0.25, -0.2) is 0 Å². The highest BCUT2D eigenvalue weighted by atomic mass is 16.5. The predicted octanol–water partition coefficient (Wildman–Crippen LogP) is 1.70. The first-order valence-corrected chi connectivity index (χ1v) is 6.27. The Labute approximate surface area is 108 Å². The molecule has 0 radical (unpaired) electrons. The van der Waals surface area contributed by atoms with E-state index in [0.29, 0.717) is 24.3 Å². The maximum Gasteiger partial charge on any atom is 0.119 e. The summed E-state index contributed by atoms with van der Waals surface area (Å²) in [6, 6.07) is 9.68. The molecule has 1 heterocycles. The van der Waals surface area contributed by atoms with Crippen LogP contribution in [0.15, 0.2) is 24.3 Å². The third-order valence-electron chi connectivity index (χ3n) is 3.14. The first-order valence-electron chi connectivity index (χ1n) is 6.27. The number of hydrogen-bond acceptors (Lipinski definition) is 4. The molecule has 4 nitrogen and oxygen atoms in total. The molecule has 1 fully saturated rings. The summed E-state index contributed by atoms with van der Waals surface area (Å²) in [6.07, 6.45) is 1.36. The molecular weight excluding hydrogens is 228 g/mol. The minimum atomic E-state index is 0.292. The van der Waals surface area contributed by atoms with Crippen molar-refractivity contribution in [1.29, 1.82) is 5.26 Å². The summed E-state index contributed by atoms with van der Waals surface area (Å²) in [6.45, 7) is 4.36. The molecule has 1 aromatic rings. The average Bonchev–Trinajstić information content (AvgIpc) is 2.81. The molecule has 1 N–H and O–H groups in total. The third kappa shape index (κ3) is 3.46. The molecule has 4 heteroatoms. The smallest absolute Gasteiger partial charge is 0.119 e. The minimum Gasteiger partial charge on any atom is -0.492 e. The van der Waals surface area contributed by atoms with Crippen LogP contribution in [-0.2, 0) is 4.74 Å². The van der Waals surface area contributed by atoms with E-state index < -0.39 is 0 Å². The standard InChI is InChI=1S/C14H18N2O2/c1-11-14(6-8-17-11)16-7-9-18-13-4-2-12(10-15)3-5-13/h2-5,11,14,16H,6-9H2,1H3/t11-,14-/m1/s1. The Hall–Kier alpha value is -1.57. The number of nitrogens with one attached hydrogen (secondary N) is 1. The van der Waals surface area contributed by atoms with Gasteiger partial charge in [-0.1, -0.05) is 0 Å². The zero-order chi connectivity index (χ0) is 12.8. The lowest BCUT2D eigenvalue weighted by atomic mass is 10.1. The molecule has 1 aromatic carbocycles. The molecular formula is C14H18N2O2. The highest BCUT2D eigenvalue weighted by molar-refractivity contribution is 5.34. The summed E-state index contributed by atoms with van der Waals surface area (Å²) in [5, 5.41) is 12.1. The number of ether oxygens (including phenoxy) is 2. The average molecular weight is 246 g/mol. The molecule has 0 spiro atoms. The molecule has 0 amide bonds. The molecule has 0 bridgehead atoms. The van der Waals surface area contributed by atoms with E-state index in [1.54, 1.807) is 12.1 Å². The van der Waals surface area contributed by atoms with Crippen molar-refractivity contribution >= 4 is 0 Å². The Morgan fingerprint density at radius 3 is 2.83 bits per heavy atom. The van der Waals surface area contributed by atoms with E-state index in [2.05, 4.69) is 18.3 Å². The molecule has 96 valence electrons. The van der Waals surface area contributed by atoms with Crippen LogP contribution in [0.1, 0.15) is 18.9 Å². The van der Waals surface area contributed by atoms with Gasteiger partial charge in [-0.05, 0) is 37.6 Å². The van der Waals surface area contributed by atoms with Gasteiger partial charge in [0, 0.05) is 19.2 Å². The lowest BCUT2D eigenvalue weighted by Crippen LogP contribution is -2.37. The van der Waals surface area contributed by atoms with E-state index in [-0.39, 0.29) is 0 Å². The van der Waals surface area contributed by atoms with Gasteiger partial charge in [0.05, 0.1) is 17.7 Å². The molecule has 0 aromatic heterocycles. The van der Waals surface area contributed by atoms with Crippen LogP contribution in [0, 0.1) is 11.3 Å². The lowest BCUT2D eigenvalue weighted by Gasteiger charge is -2.16. The molecule has 0 saturated carbocycles. The minimum absolute atomic E-state index is 0.292. The normalized spacial score (nSPS) is 22.7. The predicted molar refractivity (Wildman–Crippen MR) is 68.5 cm³/mol. The van der Waals surface area contributed by atoms with Crippen molar-refractivity contribution < 1.29 is 9.47 Å². The highest BCUT2D eigenvalue weighted by Crippen LogP contribution is 2.13. The zero-order valence-corrected chi connectivity index (χ0v) is 10.6. The van der Waals surface area contributed by atoms with Crippen molar-refractivity contribution in [3.63, 3.8) is 0 Å². The Bertz CT molecular complexity index is 411. The lowest BCUT2D eigenvalue weighted by molar-refractivity contribution is 0.112. The van der Waals surface area contributed by atoms with E-state index in [9.17, 15) is 0 Å². The Balaban J connectivity index is 1.67. The van der Waals surface area contributed by atoms with E-state index in [0.717, 1.165) is 25.3 Å². The topological polar surface area (TPSA) is 54.3 Å². The summed E-state index contributed by atoms with van der Waals surface area (Å²) < 4.78 is 11.1. The van der Waals surface area contributed by atoms with Gasteiger partial charge in [0.1, 0.15) is 12.4 Å². The highest BCUT2D eigenvalue weighted by Gasteiger charge is 2.22. The van der Waals surface area contributed by atoms with Crippen molar-refractivity contribution in [2.24, 2.45) is 0 Å². The molecule has 1 saturated heterocycles. The summed E-state index contributed by atoms with van der Waals surface area (Å²) in [5.41, 5.74) is 0.650. The first kappa shape index (κ1) is 12.9. The van der Waals surface area contributed by atoms with Gasteiger partial charge >= 0.3 is 0 Å². The summed E-state index contributed by atoms with van der Waals surface area (Å²) in [7, 11) is 0. The largest absolute Gasteiger partial charge is 0.492 e. The molecule has 18 heavy (non-hydrogen) atoms. The SMILES string of the molecule is C[C@H]1OCC[C@H]1NCCOc1ccc(C#N)cc1. The summed E-state index contributed by atoms with van der Waals surface area (Å²) in [4.78, 5) is 0. The number of rotatable bonds is 5. The molecule has 1 aliphatic rings. The van der Waals surface area contributed by atoms with E-state index in [4.69, 9.17) is 14.7 Å². The maximum atomic E-state index is 8.68. The molecule has 0 aliphatic carbocycles. The molecule has 1 aliphatic heterocycles. The Kier molecular flexibility index (Phi) is 4.57. The van der Waals surface area contributed by atoms with Crippen molar-refractivity contribution in [2.45, 2.75) is 25.5 Å². The fourth-order valence-corrected chi connectivity index (χ4v) is 2.04. The summed E-state index contributed by atoms with van der Waals surface area (Å²) in [5.74, 6) is 0.798. The second-order valence-electron chi connectivity index (χ2n) is 4.41. The van der Waals surface area contributed by atoms with Gasteiger partial charge in [0.2, 0.25) is 0 Å². The third-order valence-corrected chi connectivity index (χ3v) is 3.14. The van der Waals surface area contributed by atoms with Crippen LogP contribution in [0.2, 0.25) is 0 Å². The van der Waals surface area contributed by atoms with E-state index >= 15 is 0 Å². The Morgan fingerprint density at radius 1 is 1.44 bits per heavy atom. The van der Waals surface area contributed by atoms with Crippen LogP contribution in [0.3, 0.4) is 0 Å². The second kappa shape index (κ2) is 6.39. The van der Waals surface area contributed by atoms with Gasteiger partial charge < -0.3 is 14.8 Å². The van der Waals surface area contributed by atoms with Gasteiger partial charge in [-0.3, -0.25) is 0 Å². The van der Waals surface area contributed by atoms with Crippen LogP contribution < -0.4 is 10.1 Å². The molecule has 0 unspecified atom stereocenters. The Morgan fingerprint density at radius 2 is 2.22 bits per heavy atom. The van der Waals surface area contributed by atoms with Gasteiger partial charge in [-0.15, -0.1) is 0 Å². The number of benzene rings is 1. The first-order chi connectivity index (χ1) is 8.79. The fraction of sp³-hybridized carbons (Fsp3) is 0.500. The van der Waals surface area contributed by atoms with Crippen molar-refractivity contribution in [1.82, 2.24) is 5.32 Å². The van der Waals surface area contributed by atoms with E-state index in [1.165, 1.54) is 0 Å². The van der Waals surface area contributed by atoms with Crippen molar-refractivity contribution in [2.75, 3.05) is 19.8 Å². The zero-order valence-electron chi connectivity index (χ0n) is 10.6. The van der Waals surface area contributed by atoms with Crippen LogP contribution in [0.4, 0.5) is 0 Å². The summed E-state index contributed by atoms with van der Waals surface area (Å²) >= 11 is 0. The van der Waals surface area contributed by atoms with Gasteiger partial charge in [0.15, 0.2) is 0 Å².